The molecule has 2 aromatic rings. The lowest BCUT2D eigenvalue weighted by molar-refractivity contribution is 0.203. The van der Waals surface area contributed by atoms with Gasteiger partial charge in [0, 0.05) is 18.5 Å². The van der Waals surface area contributed by atoms with Gasteiger partial charge < -0.3 is 10.2 Å². The summed E-state index contributed by atoms with van der Waals surface area (Å²) in [6.45, 7) is 5.65. The van der Waals surface area contributed by atoms with E-state index in [0.717, 1.165) is 36.6 Å². The van der Waals surface area contributed by atoms with Crippen LogP contribution in [0.4, 0.5) is 4.79 Å². The van der Waals surface area contributed by atoms with Crippen molar-refractivity contribution in [1.29, 1.82) is 0 Å². The Morgan fingerprint density at radius 3 is 2.91 bits per heavy atom. The Morgan fingerprint density at radius 1 is 1.43 bits per heavy atom. The first-order valence-electron chi connectivity index (χ1n) is 8.13. The fourth-order valence-corrected chi connectivity index (χ4v) is 3.77. The topological polar surface area (TPSA) is 45.2 Å². The van der Waals surface area contributed by atoms with Crippen LogP contribution in [-0.2, 0) is 6.42 Å². The van der Waals surface area contributed by atoms with E-state index in [4.69, 9.17) is 0 Å². The molecular weight excluding hydrogens is 306 g/mol. The van der Waals surface area contributed by atoms with Crippen LogP contribution in [0.3, 0.4) is 0 Å². The molecule has 1 saturated heterocycles. The minimum atomic E-state index is -0.0411. The van der Waals surface area contributed by atoms with Gasteiger partial charge in [-0.1, -0.05) is 30.3 Å². The van der Waals surface area contributed by atoms with Gasteiger partial charge in [-0.2, -0.15) is 0 Å². The quantitative estimate of drug-likeness (QED) is 0.927. The average Bonchev–Trinajstić information content (AvgIpc) is 3.17. The smallest absolute Gasteiger partial charge is 0.317 e. The number of amides is 2. The van der Waals surface area contributed by atoms with Crippen molar-refractivity contribution in [2.75, 3.05) is 13.1 Å². The molecule has 0 saturated carbocycles. The SMILES string of the molecule is Cc1nc([C@@H](C)NC(=O)N2CC[C@@H](Cc3ccccc3)C2)cs1. The van der Waals surface area contributed by atoms with Crippen molar-refractivity contribution in [1.82, 2.24) is 15.2 Å². The second-order valence-corrected chi connectivity index (χ2v) is 7.32. The van der Waals surface area contributed by atoms with Gasteiger partial charge in [-0.15, -0.1) is 11.3 Å². The van der Waals surface area contributed by atoms with Gasteiger partial charge in [-0.05, 0) is 38.2 Å². The molecule has 1 aromatic carbocycles. The first-order chi connectivity index (χ1) is 11.1. The normalized spacial score (nSPS) is 18.9. The van der Waals surface area contributed by atoms with E-state index in [1.165, 1.54) is 5.56 Å². The molecule has 1 N–H and O–H groups in total. The van der Waals surface area contributed by atoms with E-state index in [0.29, 0.717) is 5.92 Å². The molecule has 1 aliphatic rings. The standard InChI is InChI=1S/C18H23N3OS/c1-13(17-12-23-14(2)20-17)19-18(22)21-9-8-16(11-21)10-15-6-4-3-5-7-15/h3-7,12-13,16H,8-11H2,1-2H3,(H,19,22)/t13-,16+/m1/s1. The Bertz CT molecular complexity index is 655. The first kappa shape index (κ1) is 16.0. The first-order valence-corrected chi connectivity index (χ1v) is 9.01. The highest BCUT2D eigenvalue weighted by Crippen LogP contribution is 2.22. The number of hydrogen-bond acceptors (Lipinski definition) is 3. The number of nitrogens with zero attached hydrogens (tertiary/aromatic N) is 2. The lowest BCUT2D eigenvalue weighted by atomic mass is 9.99. The summed E-state index contributed by atoms with van der Waals surface area (Å²) in [6, 6.07) is 10.5. The van der Waals surface area contributed by atoms with Crippen LogP contribution >= 0.6 is 11.3 Å². The summed E-state index contributed by atoms with van der Waals surface area (Å²) in [5, 5.41) is 6.12. The van der Waals surface area contributed by atoms with Crippen LogP contribution < -0.4 is 5.32 Å². The van der Waals surface area contributed by atoms with Crippen LogP contribution in [0.1, 0.15) is 35.7 Å². The van der Waals surface area contributed by atoms with Crippen LogP contribution in [0.2, 0.25) is 0 Å². The third-order valence-electron chi connectivity index (χ3n) is 4.36. The number of aryl methyl sites for hydroxylation is 1. The van der Waals surface area contributed by atoms with Gasteiger partial charge in [0.25, 0.3) is 0 Å². The molecule has 122 valence electrons. The van der Waals surface area contributed by atoms with Gasteiger partial charge in [-0.25, -0.2) is 9.78 Å². The van der Waals surface area contributed by atoms with E-state index in [2.05, 4.69) is 34.6 Å². The molecule has 5 heteroatoms. The van der Waals surface area contributed by atoms with Crippen LogP contribution in [-0.4, -0.2) is 29.0 Å². The Morgan fingerprint density at radius 2 is 2.22 bits per heavy atom. The Labute approximate surface area is 141 Å². The Balaban J connectivity index is 1.51. The second-order valence-electron chi connectivity index (χ2n) is 6.25. The maximum absolute atomic E-state index is 12.4. The number of hydrogen-bond donors (Lipinski definition) is 1. The Kier molecular flexibility index (Phi) is 4.96. The third kappa shape index (κ3) is 4.10. The average molecular weight is 329 g/mol. The predicted molar refractivity (Wildman–Crippen MR) is 93.6 cm³/mol. The van der Waals surface area contributed by atoms with Crippen LogP contribution in [0.5, 0.6) is 0 Å². The molecule has 1 aromatic heterocycles. The van der Waals surface area contributed by atoms with E-state index >= 15 is 0 Å². The molecule has 23 heavy (non-hydrogen) atoms. The maximum Gasteiger partial charge on any atom is 0.317 e. The van der Waals surface area contributed by atoms with Gasteiger partial charge in [0.15, 0.2) is 0 Å². The van der Waals surface area contributed by atoms with Gasteiger partial charge in [-0.3, -0.25) is 0 Å². The summed E-state index contributed by atoms with van der Waals surface area (Å²) in [4.78, 5) is 18.8. The van der Waals surface area contributed by atoms with Gasteiger partial charge >= 0.3 is 6.03 Å². The minimum absolute atomic E-state index is 0.0266. The molecule has 3 rings (SSSR count). The van der Waals surface area contributed by atoms with Crippen molar-refractivity contribution in [3.05, 3.63) is 52.0 Å². The zero-order valence-corrected chi connectivity index (χ0v) is 14.5. The molecule has 0 spiro atoms. The van der Waals surface area contributed by atoms with Crippen molar-refractivity contribution in [3.63, 3.8) is 0 Å². The maximum atomic E-state index is 12.4. The molecule has 1 fully saturated rings. The molecule has 4 nitrogen and oxygen atoms in total. The number of benzene rings is 1. The molecule has 2 amide bonds. The van der Waals surface area contributed by atoms with Crippen molar-refractivity contribution in [3.8, 4) is 0 Å². The van der Waals surface area contributed by atoms with Gasteiger partial charge in [0.05, 0.1) is 16.7 Å². The number of urea groups is 1. The molecule has 2 heterocycles. The van der Waals surface area contributed by atoms with E-state index in [9.17, 15) is 4.79 Å². The van der Waals surface area contributed by atoms with E-state index in [-0.39, 0.29) is 12.1 Å². The Hall–Kier alpha value is -1.88. The monoisotopic (exact) mass is 329 g/mol. The zero-order chi connectivity index (χ0) is 16.2. The number of aromatic nitrogens is 1. The van der Waals surface area contributed by atoms with Crippen LogP contribution in [0.25, 0.3) is 0 Å². The van der Waals surface area contributed by atoms with Crippen molar-refractivity contribution in [2.24, 2.45) is 5.92 Å². The number of likely N-dealkylation sites (tertiary alicyclic amines) is 1. The number of thiazole rings is 1. The number of rotatable bonds is 4. The fourth-order valence-electron chi connectivity index (χ4n) is 3.06. The molecule has 1 aliphatic heterocycles. The number of carbonyl (C=O) groups is 1. The fraction of sp³-hybridized carbons (Fsp3) is 0.444. The second kappa shape index (κ2) is 7.13. The third-order valence-corrected chi connectivity index (χ3v) is 5.15. The highest BCUT2D eigenvalue weighted by atomic mass is 32.1. The molecular formula is C18H23N3OS. The predicted octanol–water partition coefficient (Wildman–Crippen LogP) is 3.79. The summed E-state index contributed by atoms with van der Waals surface area (Å²) >= 11 is 1.62. The summed E-state index contributed by atoms with van der Waals surface area (Å²) in [5.41, 5.74) is 2.30. The highest BCUT2D eigenvalue weighted by Gasteiger charge is 2.27. The number of carbonyl (C=O) groups excluding carboxylic acids is 1. The number of nitrogens with one attached hydrogen (secondary N) is 1. The zero-order valence-electron chi connectivity index (χ0n) is 13.7. The van der Waals surface area contributed by atoms with Crippen molar-refractivity contribution >= 4 is 17.4 Å². The molecule has 0 aliphatic carbocycles. The summed E-state index contributed by atoms with van der Waals surface area (Å²) in [7, 11) is 0. The van der Waals surface area contributed by atoms with Gasteiger partial charge in [0.1, 0.15) is 0 Å². The van der Waals surface area contributed by atoms with E-state index in [1.54, 1.807) is 11.3 Å². The summed E-state index contributed by atoms with van der Waals surface area (Å²) in [5.74, 6) is 0.556. The highest BCUT2D eigenvalue weighted by molar-refractivity contribution is 7.09. The van der Waals surface area contributed by atoms with Gasteiger partial charge in [0.2, 0.25) is 0 Å². The lowest BCUT2D eigenvalue weighted by Crippen LogP contribution is -2.39. The van der Waals surface area contributed by atoms with Crippen LogP contribution in [0.15, 0.2) is 35.7 Å². The molecule has 2 atom stereocenters. The van der Waals surface area contributed by atoms with Crippen molar-refractivity contribution < 1.29 is 4.79 Å². The molecule has 0 radical (unpaired) electrons. The lowest BCUT2D eigenvalue weighted by Gasteiger charge is -2.20. The molecule has 0 bridgehead atoms. The van der Waals surface area contributed by atoms with Crippen LogP contribution in [0, 0.1) is 12.8 Å². The molecule has 0 unspecified atom stereocenters. The van der Waals surface area contributed by atoms with E-state index in [1.807, 2.05) is 30.2 Å². The van der Waals surface area contributed by atoms with E-state index < -0.39 is 0 Å². The van der Waals surface area contributed by atoms with Crippen molar-refractivity contribution in [2.45, 2.75) is 32.7 Å². The largest absolute Gasteiger partial charge is 0.330 e. The summed E-state index contributed by atoms with van der Waals surface area (Å²) < 4.78 is 0. The minimum Gasteiger partial charge on any atom is -0.330 e. The summed E-state index contributed by atoms with van der Waals surface area (Å²) in [6.07, 6.45) is 2.12.